The van der Waals surface area contributed by atoms with Crippen molar-refractivity contribution in [3.8, 4) is 18.1 Å². The first-order valence-corrected chi connectivity index (χ1v) is 6.39. The number of halogens is 1. The standard InChI is InChI=1S/C10H11ClN2O3S/c1-3-6-12-17(14,15)13-9-7-8(11)4-5-10(9)16-2/h1,4-5,7,12-13H,6H2,2H3. The average Bonchev–Trinajstić information content (AvgIpc) is 2.26. The van der Waals surface area contributed by atoms with E-state index in [0.717, 1.165) is 0 Å². The summed E-state index contributed by atoms with van der Waals surface area (Å²) in [6, 6.07) is 4.59. The molecule has 0 aliphatic carbocycles. The monoisotopic (exact) mass is 274 g/mol. The molecular formula is C10H11ClN2O3S. The van der Waals surface area contributed by atoms with Gasteiger partial charge in [-0.15, -0.1) is 6.42 Å². The first-order chi connectivity index (χ1) is 7.98. The van der Waals surface area contributed by atoms with Gasteiger partial charge in [-0.3, -0.25) is 4.72 Å². The molecule has 92 valence electrons. The second-order valence-electron chi connectivity index (χ2n) is 2.98. The predicted molar refractivity (Wildman–Crippen MR) is 67.4 cm³/mol. The van der Waals surface area contributed by atoms with Crippen LogP contribution in [0, 0.1) is 12.3 Å². The topological polar surface area (TPSA) is 67.4 Å². The van der Waals surface area contributed by atoms with E-state index in [4.69, 9.17) is 22.8 Å². The molecule has 0 amide bonds. The number of terminal acetylenes is 1. The molecule has 0 aliphatic heterocycles. The molecule has 1 rings (SSSR count). The van der Waals surface area contributed by atoms with E-state index < -0.39 is 10.2 Å². The van der Waals surface area contributed by atoms with Crippen LogP contribution < -0.4 is 14.2 Å². The minimum atomic E-state index is -3.73. The Balaban J connectivity index is 2.95. The summed E-state index contributed by atoms with van der Waals surface area (Å²) in [6.45, 7) is -0.0990. The fraction of sp³-hybridized carbons (Fsp3) is 0.200. The molecule has 0 saturated heterocycles. The number of hydrogen-bond donors (Lipinski definition) is 2. The molecule has 0 saturated carbocycles. The molecule has 17 heavy (non-hydrogen) atoms. The number of ether oxygens (including phenoxy) is 1. The molecular weight excluding hydrogens is 264 g/mol. The Morgan fingerprint density at radius 3 is 2.82 bits per heavy atom. The van der Waals surface area contributed by atoms with Crippen molar-refractivity contribution in [2.45, 2.75) is 0 Å². The number of hydrogen-bond acceptors (Lipinski definition) is 3. The van der Waals surface area contributed by atoms with Crippen molar-refractivity contribution in [1.29, 1.82) is 0 Å². The molecule has 7 heteroatoms. The SMILES string of the molecule is C#CCNS(=O)(=O)Nc1cc(Cl)ccc1OC. The van der Waals surface area contributed by atoms with Crippen LogP contribution in [0.1, 0.15) is 0 Å². The fourth-order valence-corrected chi connectivity index (χ4v) is 2.04. The number of rotatable bonds is 5. The molecule has 0 aliphatic rings. The lowest BCUT2D eigenvalue weighted by molar-refractivity contribution is 0.417. The summed E-state index contributed by atoms with van der Waals surface area (Å²) in [5.74, 6) is 2.52. The highest BCUT2D eigenvalue weighted by atomic mass is 35.5. The smallest absolute Gasteiger partial charge is 0.300 e. The summed E-state index contributed by atoms with van der Waals surface area (Å²) in [7, 11) is -2.30. The largest absolute Gasteiger partial charge is 0.495 e. The minimum Gasteiger partial charge on any atom is -0.495 e. The number of nitrogens with one attached hydrogen (secondary N) is 2. The average molecular weight is 275 g/mol. The van der Waals surface area contributed by atoms with E-state index in [1.165, 1.54) is 13.2 Å². The molecule has 5 nitrogen and oxygen atoms in total. The second kappa shape index (κ2) is 5.77. The third-order valence-corrected chi connectivity index (χ3v) is 3.02. The Morgan fingerprint density at radius 1 is 1.53 bits per heavy atom. The Morgan fingerprint density at radius 2 is 2.24 bits per heavy atom. The van der Waals surface area contributed by atoms with Crippen molar-refractivity contribution in [2.24, 2.45) is 0 Å². The lowest BCUT2D eigenvalue weighted by Gasteiger charge is -2.11. The lowest BCUT2D eigenvalue weighted by Crippen LogP contribution is -2.30. The Hall–Kier alpha value is -1.42. The maximum absolute atomic E-state index is 11.5. The molecule has 0 unspecified atom stereocenters. The van der Waals surface area contributed by atoms with E-state index in [1.54, 1.807) is 12.1 Å². The zero-order valence-corrected chi connectivity index (χ0v) is 10.6. The number of benzene rings is 1. The summed E-state index contributed by atoms with van der Waals surface area (Å²) in [4.78, 5) is 0. The van der Waals surface area contributed by atoms with Crippen molar-refractivity contribution < 1.29 is 13.2 Å². The van der Waals surface area contributed by atoms with Crippen LogP contribution in [-0.4, -0.2) is 22.1 Å². The van der Waals surface area contributed by atoms with E-state index in [2.05, 4.69) is 15.4 Å². The van der Waals surface area contributed by atoms with Gasteiger partial charge >= 0.3 is 0 Å². The van der Waals surface area contributed by atoms with Crippen LogP contribution >= 0.6 is 11.6 Å². The molecule has 0 aromatic heterocycles. The van der Waals surface area contributed by atoms with E-state index >= 15 is 0 Å². The Labute approximate surface area is 105 Å². The number of methoxy groups -OCH3 is 1. The third-order valence-electron chi connectivity index (χ3n) is 1.77. The van der Waals surface area contributed by atoms with Gasteiger partial charge in [0.25, 0.3) is 10.2 Å². The van der Waals surface area contributed by atoms with E-state index in [9.17, 15) is 8.42 Å². The zero-order valence-electron chi connectivity index (χ0n) is 9.03. The maximum atomic E-state index is 11.5. The van der Waals surface area contributed by atoms with Crippen molar-refractivity contribution in [3.63, 3.8) is 0 Å². The van der Waals surface area contributed by atoms with E-state index in [1.807, 2.05) is 0 Å². The van der Waals surface area contributed by atoms with Crippen molar-refractivity contribution in [3.05, 3.63) is 23.2 Å². The minimum absolute atomic E-state index is 0.0990. The van der Waals surface area contributed by atoms with Crippen LogP contribution in [0.2, 0.25) is 5.02 Å². The Kier molecular flexibility index (Phi) is 4.63. The van der Waals surface area contributed by atoms with Crippen molar-refractivity contribution in [1.82, 2.24) is 4.72 Å². The second-order valence-corrected chi connectivity index (χ2v) is 4.91. The van der Waals surface area contributed by atoms with Crippen LogP contribution in [0.5, 0.6) is 5.75 Å². The van der Waals surface area contributed by atoms with Crippen LogP contribution in [-0.2, 0) is 10.2 Å². The summed E-state index contributed by atoms with van der Waals surface area (Å²) < 4.78 is 32.5. The lowest BCUT2D eigenvalue weighted by atomic mass is 10.3. The van der Waals surface area contributed by atoms with Gasteiger partial charge in [0.05, 0.1) is 19.3 Å². The summed E-state index contributed by atoms with van der Waals surface area (Å²) >= 11 is 5.76. The highest BCUT2D eigenvalue weighted by Crippen LogP contribution is 2.28. The van der Waals surface area contributed by atoms with Gasteiger partial charge in [-0.1, -0.05) is 17.5 Å². The zero-order chi connectivity index (χ0) is 12.9. The van der Waals surface area contributed by atoms with Gasteiger partial charge in [-0.2, -0.15) is 13.1 Å². The highest BCUT2D eigenvalue weighted by molar-refractivity contribution is 7.90. The quantitative estimate of drug-likeness (QED) is 0.794. The first-order valence-electron chi connectivity index (χ1n) is 4.53. The molecule has 0 radical (unpaired) electrons. The molecule has 0 atom stereocenters. The van der Waals surface area contributed by atoms with Gasteiger partial charge in [0.1, 0.15) is 5.75 Å². The summed E-state index contributed by atoms with van der Waals surface area (Å²) in [6.07, 6.45) is 4.96. The van der Waals surface area contributed by atoms with Crippen LogP contribution in [0.3, 0.4) is 0 Å². The Bertz CT molecular complexity index is 537. The third kappa shape index (κ3) is 4.15. The molecule has 2 N–H and O–H groups in total. The van der Waals surface area contributed by atoms with Crippen LogP contribution in [0.25, 0.3) is 0 Å². The fourth-order valence-electron chi connectivity index (χ4n) is 1.08. The molecule has 1 aromatic rings. The van der Waals surface area contributed by atoms with E-state index in [0.29, 0.717) is 10.8 Å². The molecule has 0 bridgehead atoms. The number of anilines is 1. The van der Waals surface area contributed by atoms with Gasteiger partial charge < -0.3 is 4.74 Å². The van der Waals surface area contributed by atoms with Gasteiger partial charge in [0.2, 0.25) is 0 Å². The highest BCUT2D eigenvalue weighted by Gasteiger charge is 2.12. The predicted octanol–water partition coefficient (Wildman–Crippen LogP) is 1.23. The van der Waals surface area contributed by atoms with Crippen LogP contribution in [0.15, 0.2) is 18.2 Å². The van der Waals surface area contributed by atoms with Gasteiger partial charge in [0, 0.05) is 5.02 Å². The molecule has 1 aromatic carbocycles. The molecule has 0 spiro atoms. The molecule has 0 fully saturated rings. The summed E-state index contributed by atoms with van der Waals surface area (Å²) in [5, 5.41) is 0.389. The van der Waals surface area contributed by atoms with Crippen molar-refractivity contribution >= 4 is 27.5 Å². The van der Waals surface area contributed by atoms with Gasteiger partial charge in [-0.05, 0) is 18.2 Å². The van der Waals surface area contributed by atoms with Gasteiger partial charge in [0.15, 0.2) is 0 Å². The molecule has 0 heterocycles. The van der Waals surface area contributed by atoms with Crippen LogP contribution in [0.4, 0.5) is 5.69 Å². The van der Waals surface area contributed by atoms with Crippen molar-refractivity contribution in [2.75, 3.05) is 18.4 Å². The normalized spacial score (nSPS) is 10.6. The van der Waals surface area contributed by atoms with Gasteiger partial charge in [-0.25, -0.2) is 0 Å². The van der Waals surface area contributed by atoms with E-state index in [-0.39, 0.29) is 12.2 Å². The first kappa shape index (κ1) is 13.6. The summed E-state index contributed by atoms with van der Waals surface area (Å²) in [5.41, 5.74) is 0.240. The maximum Gasteiger partial charge on any atom is 0.300 e.